The number of rotatable bonds is 7. The van der Waals surface area contributed by atoms with Gasteiger partial charge in [-0.15, -0.1) is 17.9 Å². The van der Waals surface area contributed by atoms with E-state index in [0.29, 0.717) is 30.5 Å². The minimum absolute atomic E-state index is 0.0166. The van der Waals surface area contributed by atoms with Crippen LogP contribution in [0.5, 0.6) is 0 Å². The summed E-state index contributed by atoms with van der Waals surface area (Å²) in [6.45, 7) is 6.36. The molecule has 2 heterocycles. The van der Waals surface area contributed by atoms with E-state index in [1.807, 2.05) is 0 Å². The number of allylic oxidation sites excluding steroid dienone is 1. The number of carbonyl (C=O) groups is 1. The van der Waals surface area contributed by atoms with Crippen molar-refractivity contribution in [1.82, 2.24) is 9.55 Å². The average Bonchev–Trinajstić information content (AvgIpc) is 2.97. The van der Waals surface area contributed by atoms with Gasteiger partial charge in [0.25, 0.3) is 5.56 Å². The quantitative estimate of drug-likeness (QED) is 0.319. The van der Waals surface area contributed by atoms with Crippen molar-refractivity contribution < 1.29 is 9.53 Å². The molecular formula is C18H22N2O3S2. The first kappa shape index (κ1) is 18.2. The van der Waals surface area contributed by atoms with Gasteiger partial charge in [-0.25, -0.2) is 4.98 Å². The minimum Gasteiger partial charge on any atom is -0.466 e. The van der Waals surface area contributed by atoms with Crippen molar-refractivity contribution in [2.45, 2.75) is 50.7 Å². The summed E-state index contributed by atoms with van der Waals surface area (Å²) in [4.78, 5) is 31.5. The van der Waals surface area contributed by atoms with Crippen LogP contribution in [0.1, 0.15) is 36.6 Å². The molecule has 0 amide bonds. The molecule has 0 atom stereocenters. The number of aromatic nitrogens is 2. The van der Waals surface area contributed by atoms with Crippen LogP contribution in [0.2, 0.25) is 0 Å². The first-order valence-electron chi connectivity index (χ1n) is 8.60. The average molecular weight is 379 g/mol. The Morgan fingerprint density at radius 2 is 2.24 bits per heavy atom. The normalized spacial score (nSPS) is 13.6. The van der Waals surface area contributed by atoms with E-state index in [2.05, 4.69) is 6.58 Å². The molecule has 3 rings (SSSR count). The van der Waals surface area contributed by atoms with Crippen LogP contribution >= 0.6 is 23.1 Å². The molecule has 0 saturated carbocycles. The molecule has 0 N–H and O–H groups in total. The lowest BCUT2D eigenvalue weighted by Crippen LogP contribution is -2.23. The molecule has 1 aliphatic carbocycles. The van der Waals surface area contributed by atoms with E-state index < -0.39 is 0 Å². The number of aryl methyl sites for hydroxylation is 2. The highest BCUT2D eigenvalue weighted by molar-refractivity contribution is 7.99. The molecule has 0 aliphatic heterocycles. The Labute approximate surface area is 155 Å². The van der Waals surface area contributed by atoms with Gasteiger partial charge in [-0.2, -0.15) is 0 Å². The SMILES string of the molecule is C=CCn1c(SCCC(=O)OCC)nc2sc3c(c2c1=O)CCCC3. The van der Waals surface area contributed by atoms with Gasteiger partial charge in [0.1, 0.15) is 4.83 Å². The molecule has 0 bridgehead atoms. The van der Waals surface area contributed by atoms with E-state index >= 15 is 0 Å². The molecule has 7 heteroatoms. The highest BCUT2D eigenvalue weighted by Gasteiger charge is 2.22. The number of nitrogens with zero attached hydrogens (tertiary/aromatic N) is 2. The molecule has 25 heavy (non-hydrogen) atoms. The maximum absolute atomic E-state index is 13.0. The van der Waals surface area contributed by atoms with E-state index in [0.717, 1.165) is 29.5 Å². The molecule has 0 unspecified atom stereocenters. The minimum atomic E-state index is -0.222. The second-order valence-corrected chi connectivity index (χ2v) is 8.04. The van der Waals surface area contributed by atoms with Gasteiger partial charge in [-0.1, -0.05) is 17.8 Å². The third-order valence-electron chi connectivity index (χ3n) is 4.19. The van der Waals surface area contributed by atoms with Crippen LogP contribution in [0.3, 0.4) is 0 Å². The van der Waals surface area contributed by atoms with Gasteiger partial charge in [0.05, 0.1) is 18.4 Å². The highest BCUT2D eigenvalue weighted by Crippen LogP contribution is 2.34. The summed E-state index contributed by atoms with van der Waals surface area (Å²) in [6.07, 6.45) is 6.35. The van der Waals surface area contributed by atoms with E-state index in [1.54, 1.807) is 28.9 Å². The summed E-state index contributed by atoms with van der Waals surface area (Å²) >= 11 is 3.07. The highest BCUT2D eigenvalue weighted by atomic mass is 32.2. The Hall–Kier alpha value is -1.60. The monoisotopic (exact) mass is 378 g/mol. The summed E-state index contributed by atoms with van der Waals surface area (Å²) in [5.41, 5.74) is 1.22. The molecule has 0 saturated heterocycles. The van der Waals surface area contributed by atoms with Crippen LogP contribution in [-0.4, -0.2) is 27.9 Å². The van der Waals surface area contributed by atoms with Crippen molar-refractivity contribution in [3.63, 3.8) is 0 Å². The Bertz CT molecular complexity index is 854. The largest absolute Gasteiger partial charge is 0.466 e. The zero-order chi connectivity index (χ0) is 17.8. The zero-order valence-electron chi connectivity index (χ0n) is 14.4. The Kier molecular flexibility index (Phi) is 5.96. The van der Waals surface area contributed by atoms with Gasteiger partial charge in [-0.05, 0) is 38.2 Å². The topological polar surface area (TPSA) is 61.2 Å². The van der Waals surface area contributed by atoms with Gasteiger partial charge in [0.2, 0.25) is 0 Å². The summed E-state index contributed by atoms with van der Waals surface area (Å²) in [7, 11) is 0. The summed E-state index contributed by atoms with van der Waals surface area (Å²) in [5, 5.41) is 1.44. The number of esters is 1. The van der Waals surface area contributed by atoms with E-state index in [1.165, 1.54) is 28.6 Å². The second kappa shape index (κ2) is 8.19. The van der Waals surface area contributed by atoms with Crippen molar-refractivity contribution in [2.75, 3.05) is 12.4 Å². The number of hydrogen-bond acceptors (Lipinski definition) is 6. The van der Waals surface area contributed by atoms with Crippen molar-refractivity contribution in [3.8, 4) is 0 Å². The number of thioether (sulfide) groups is 1. The van der Waals surface area contributed by atoms with Crippen LogP contribution < -0.4 is 5.56 Å². The van der Waals surface area contributed by atoms with E-state index in [-0.39, 0.29) is 11.5 Å². The molecule has 2 aromatic rings. The fourth-order valence-electron chi connectivity index (χ4n) is 3.08. The van der Waals surface area contributed by atoms with Crippen LogP contribution in [0.25, 0.3) is 10.2 Å². The zero-order valence-corrected chi connectivity index (χ0v) is 16.0. The van der Waals surface area contributed by atoms with Gasteiger partial charge < -0.3 is 4.74 Å². The predicted octanol–water partition coefficient (Wildman–Crippen LogP) is 3.57. The lowest BCUT2D eigenvalue weighted by atomic mass is 9.97. The number of hydrogen-bond donors (Lipinski definition) is 0. The van der Waals surface area contributed by atoms with Crippen LogP contribution in [-0.2, 0) is 28.9 Å². The molecule has 0 spiro atoms. The van der Waals surface area contributed by atoms with E-state index in [4.69, 9.17) is 9.72 Å². The third kappa shape index (κ3) is 3.82. The van der Waals surface area contributed by atoms with Gasteiger partial charge in [-0.3, -0.25) is 14.2 Å². The molecule has 0 fully saturated rings. The molecule has 0 aromatic carbocycles. The third-order valence-corrected chi connectivity index (χ3v) is 6.36. The molecule has 0 radical (unpaired) electrons. The van der Waals surface area contributed by atoms with Crippen molar-refractivity contribution in [2.24, 2.45) is 0 Å². The summed E-state index contributed by atoms with van der Waals surface area (Å²) in [5.74, 6) is 0.319. The number of thiophene rings is 1. The maximum atomic E-state index is 13.0. The second-order valence-electron chi connectivity index (χ2n) is 5.89. The maximum Gasteiger partial charge on any atom is 0.306 e. The molecular weight excluding hydrogens is 356 g/mol. The number of ether oxygens (including phenoxy) is 1. The first-order valence-corrected chi connectivity index (χ1v) is 10.4. The van der Waals surface area contributed by atoms with Crippen molar-refractivity contribution in [3.05, 3.63) is 33.4 Å². The Morgan fingerprint density at radius 1 is 1.44 bits per heavy atom. The molecule has 2 aromatic heterocycles. The summed E-state index contributed by atoms with van der Waals surface area (Å²) in [6, 6.07) is 0. The number of carbonyl (C=O) groups excluding carboxylic acids is 1. The van der Waals surface area contributed by atoms with Crippen molar-refractivity contribution in [1.29, 1.82) is 0 Å². The van der Waals surface area contributed by atoms with Crippen molar-refractivity contribution >= 4 is 39.3 Å². The predicted molar refractivity (Wildman–Crippen MR) is 103 cm³/mol. The van der Waals surface area contributed by atoms with Gasteiger partial charge in [0.15, 0.2) is 5.16 Å². The Balaban J connectivity index is 1.94. The molecule has 5 nitrogen and oxygen atoms in total. The summed E-state index contributed by atoms with van der Waals surface area (Å²) < 4.78 is 6.62. The lowest BCUT2D eigenvalue weighted by Gasteiger charge is -2.12. The molecule has 134 valence electrons. The van der Waals surface area contributed by atoms with Crippen LogP contribution in [0.4, 0.5) is 0 Å². The first-order chi connectivity index (χ1) is 12.2. The van der Waals surface area contributed by atoms with Crippen LogP contribution in [0.15, 0.2) is 22.6 Å². The van der Waals surface area contributed by atoms with E-state index in [9.17, 15) is 9.59 Å². The molecule has 1 aliphatic rings. The van der Waals surface area contributed by atoms with Gasteiger partial charge >= 0.3 is 5.97 Å². The fourth-order valence-corrected chi connectivity index (χ4v) is 5.31. The van der Waals surface area contributed by atoms with Gasteiger partial charge in [0, 0.05) is 17.2 Å². The standard InChI is InChI=1S/C18H22N2O3S2/c1-3-10-20-17(22)15-12-7-5-6-8-13(12)25-16(15)19-18(20)24-11-9-14(21)23-4-2/h3H,1,4-11H2,2H3. The number of fused-ring (bicyclic) bond motifs is 3. The Morgan fingerprint density at radius 3 is 3.00 bits per heavy atom. The smallest absolute Gasteiger partial charge is 0.306 e. The lowest BCUT2D eigenvalue weighted by molar-refractivity contribution is -0.142. The fraction of sp³-hybridized carbons (Fsp3) is 0.500. The van der Waals surface area contributed by atoms with Crippen LogP contribution in [0, 0.1) is 0 Å².